The molecule has 2 amide bonds. The van der Waals surface area contributed by atoms with Crippen molar-refractivity contribution in [3.05, 3.63) is 70.4 Å². The van der Waals surface area contributed by atoms with E-state index in [1.807, 2.05) is 13.0 Å². The molecule has 1 N–H and O–H groups in total. The van der Waals surface area contributed by atoms with E-state index >= 15 is 0 Å². The van der Waals surface area contributed by atoms with Crippen molar-refractivity contribution in [1.82, 2.24) is 0 Å². The van der Waals surface area contributed by atoms with Crippen molar-refractivity contribution >= 4 is 40.8 Å². The van der Waals surface area contributed by atoms with E-state index in [-0.39, 0.29) is 16.3 Å². The third-order valence-corrected chi connectivity index (χ3v) is 4.03. The number of nitrogens with one attached hydrogen (secondary N) is 1. The van der Waals surface area contributed by atoms with Gasteiger partial charge in [0.15, 0.2) is 0 Å². The Morgan fingerprint density at radius 2 is 1.76 bits per heavy atom. The fourth-order valence-corrected chi connectivity index (χ4v) is 2.66. The minimum Gasteiger partial charge on any atom is -0.545 e. The fourth-order valence-electron chi connectivity index (χ4n) is 2.45. The smallest absolute Gasteiger partial charge is 0.283 e. The summed E-state index contributed by atoms with van der Waals surface area (Å²) in [5.41, 5.74) is 1.69. The maximum Gasteiger partial charge on any atom is 0.283 e. The lowest BCUT2D eigenvalue weighted by Gasteiger charge is -2.15. The second-order valence-corrected chi connectivity index (χ2v) is 5.84. The number of hydrogen-bond donors (Lipinski definition) is 1. The van der Waals surface area contributed by atoms with Crippen LogP contribution in [0, 0.1) is 6.92 Å². The predicted molar refractivity (Wildman–Crippen MR) is 90.9 cm³/mol. The standard InChI is InChI=1S/C18H13ClN2O4/c1-10-3-2-4-13(9-10)21-16(22)14(19)15(17(21)23)20-12-7-5-11(6-8-12)18(24)25/h2-9,20H,1H3,(H,24,25)/p-1. The van der Waals surface area contributed by atoms with E-state index in [9.17, 15) is 19.5 Å². The number of hydrogen-bond acceptors (Lipinski definition) is 5. The van der Waals surface area contributed by atoms with Crippen molar-refractivity contribution in [3.63, 3.8) is 0 Å². The number of carbonyl (C=O) groups excluding carboxylic acids is 3. The second-order valence-electron chi connectivity index (χ2n) is 5.46. The molecule has 3 rings (SSSR count). The Balaban J connectivity index is 1.88. The van der Waals surface area contributed by atoms with Crippen LogP contribution in [0.2, 0.25) is 0 Å². The van der Waals surface area contributed by atoms with E-state index in [2.05, 4.69) is 5.32 Å². The molecule has 6 nitrogen and oxygen atoms in total. The summed E-state index contributed by atoms with van der Waals surface area (Å²) in [6, 6.07) is 12.5. The minimum atomic E-state index is -1.30. The summed E-state index contributed by atoms with van der Waals surface area (Å²) in [7, 11) is 0. The van der Waals surface area contributed by atoms with Gasteiger partial charge in [0.05, 0.1) is 11.7 Å². The Labute approximate surface area is 148 Å². The first-order valence-corrected chi connectivity index (χ1v) is 7.70. The Kier molecular flexibility index (Phi) is 4.29. The number of rotatable bonds is 4. The summed E-state index contributed by atoms with van der Waals surface area (Å²) in [5.74, 6) is -2.50. The molecular weight excluding hydrogens is 344 g/mol. The summed E-state index contributed by atoms with van der Waals surface area (Å²) in [6.45, 7) is 1.85. The zero-order valence-corrected chi connectivity index (χ0v) is 13.8. The van der Waals surface area contributed by atoms with Crippen LogP contribution in [0.5, 0.6) is 0 Å². The highest BCUT2D eigenvalue weighted by Gasteiger charge is 2.38. The topological polar surface area (TPSA) is 89.5 Å². The van der Waals surface area contributed by atoms with Gasteiger partial charge in [0.2, 0.25) is 0 Å². The van der Waals surface area contributed by atoms with Gasteiger partial charge in [-0.15, -0.1) is 0 Å². The van der Waals surface area contributed by atoms with Crippen molar-refractivity contribution in [1.29, 1.82) is 0 Å². The van der Waals surface area contributed by atoms with E-state index in [0.717, 1.165) is 10.5 Å². The van der Waals surface area contributed by atoms with Gasteiger partial charge in [0, 0.05) is 5.69 Å². The number of aromatic carboxylic acids is 1. The number of benzene rings is 2. The van der Waals surface area contributed by atoms with Crippen LogP contribution in [-0.4, -0.2) is 17.8 Å². The maximum absolute atomic E-state index is 12.6. The molecule has 2 aromatic rings. The SMILES string of the molecule is Cc1cccc(N2C(=O)C(Cl)=C(Nc3ccc(C(=O)[O-])cc3)C2=O)c1. The van der Waals surface area contributed by atoms with Crippen LogP contribution >= 0.6 is 11.6 Å². The third kappa shape index (κ3) is 3.12. The molecule has 0 bridgehead atoms. The van der Waals surface area contributed by atoms with Crippen LogP contribution in [0.15, 0.2) is 59.3 Å². The monoisotopic (exact) mass is 355 g/mol. The van der Waals surface area contributed by atoms with Gasteiger partial charge in [-0.25, -0.2) is 4.90 Å². The van der Waals surface area contributed by atoms with Crippen molar-refractivity contribution in [2.75, 3.05) is 10.2 Å². The molecule has 0 unspecified atom stereocenters. The van der Waals surface area contributed by atoms with Gasteiger partial charge in [-0.1, -0.05) is 35.9 Å². The molecule has 0 radical (unpaired) electrons. The first-order chi connectivity index (χ1) is 11.9. The van der Waals surface area contributed by atoms with E-state index < -0.39 is 17.8 Å². The largest absolute Gasteiger partial charge is 0.545 e. The number of imide groups is 1. The van der Waals surface area contributed by atoms with Crippen molar-refractivity contribution in [2.45, 2.75) is 6.92 Å². The first kappa shape index (κ1) is 16.7. The molecule has 0 fully saturated rings. The van der Waals surface area contributed by atoms with Crippen LogP contribution < -0.4 is 15.3 Å². The molecule has 2 aromatic carbocycles. The Morgan fingerprint density at radius 3 is 2.36 bits per heavy atom. The number of aryl methyl sites for hydroxylation is 1. The Hall–Kier alpha value is -3.12. The summed E-state index contributed by atoms with van der Waals surface area (Å²) in [5, 5.41) is 13.3. The number of carbonyl (C=O) groups is 3. The molecule has 1 aliphatic rings. The van der Waals surface area contributed by atoms with Gasteiger partial charge in [-0.3, -0.25) is 9.59 Å². The Bertz CT molecular complexity index is 919. The van der Waals surface area contributed by atoms with Crippen LogP contribution in [0.4, 0.5) is 11.4 Å². The van der Waals surface area contributed by atoms with Gasteiger partial charge in [0.25, 0.3) is 11.8 Å². The number of carboxylic acids is 1. The summed E-state index contributed by atoms with van der Waals surface area (Å²) < 4.78 is 0. The number of carboxylic acid groups (broad SMARTS) is 1. The summed E-state index contributed by atoms with van der Waals surface area (Å²) in [6.07, 6.45) is 0. The number of nitrogens with zero attached hydrogens (tertiary/aromatic N) is 1. The molecule has 126 valence electrons. The number of amides is 2. The molecule has 7 heteroatoms. The van der Waals surface area contributed by atoms with Crippen molar-refractivity contribution < 1.29 is 19.5 Å². The van der Waals surface area contributed by atoms with Gasteiger partial charge < -0.3 is 15.2 Å². The number of anilines is 2. The van der Waals surface area contributed by atoms with Crippen LogP contribution in [0.1, 0.15) is 15.9 Å². The average molecular weight is 356 g/mol. The second kappa shape index (κ2) is 6.41. The molecular formula is C18H12ClN2O4-. The van der Waals surface area contributed by atoms with E-state index in [1.165, 1.54) is 24.3 Å². The molecule has 0 aromatic heterocycles. The van der Waals surface area contributed by atoms with Crippen molar-refractivity contribution in [2.24, 2.45) is 0 Å². The van der Waals surface area contributed by atoms with Crippen molar-refractivity contribution in [3.8, 4) is 0 Å². The zero-order chi connectivity index (χ0) is 18.1. The first-order valence-electron chi connectivity index (χ1n) is 7.32. The predicted octanol–water partition coefficient (Wildman–Crippen LogP) is 1.79. The van der Waals surface area contributed by atoms with Gasteiger partial charge in [0.1, 0.15) is 10.7 Å². The molecule has 0 spiro atoms. The Morgan fingerprint density at radius 1 is 1.08 bits per heavy atom. The minimum absolute atomic E-state index is 0.000777. The maximum atomic E-state index is 12.6. The van der Waals surface area contributed by atoms with Crippen LogP contribution in [-0.2, 0) is 9.59 Å². The lowest BCUT2D eigenvalue weighted by atomic mass is 10.2. The lowest BCUT2D eigenvalue weighted by Crippen LogP contribution is -2.32. The molecule has 25 heavy (non-hydrogen) atoms. The highest BCUT2D eigenvalue weighted by Crippen LogP contribution is 2.30. The average Bonchev–Trinajstić information content (AvgIpc) is 2.79. The van der Waals surface area contributed by atoms with Gasteiger partial charge in [-0.05, 0) is 42.3 Å². The number of halogens is 1. The molecule has 0 saturated heterocycles. The fraction of sp³-hybridized carbons (Fsp3) is 0.0556. The van der Waals surface area contributed by atoms with E-state index in [0.29, 0.717) is 11.4 Å². The quantitative estimate of drug-likeness (QED) is 0.844. The van der Waals surface area contributed by atoms with Crippen LogP contribution in [0.25, 0.3) is 0 Å². The highest BCUT2D eigenvalue weighted by molar-refractivity contribution is 6.53. The summed E-state index contributed by atoms with van der Waals surface area (Å²) in [4.78, 5) is 36.7. The molecule has 0 aliphatic carbocycles. The van der Waals surface area contributed by atoms with Gasteiger partial charge in [-0.2, -0.15) is 0 Å². The van der Waals surface area contributed by atoms with E-state index in [1.54, 1.807) is 18.2 Å². The third-order valence-electron chi connectivity index (χ3n) is 3.68. The van der Waals surface area contributed by atoms with Gasteiger partial charge >= 0.3 is 0 Å². The lowest BCUT2D eigenvalue weighted by molar-refractivity contribution is -0.255. The zero-order valence-electron chi connectivity index (χ0n) is 13.1. The molecule has 1 heterocycles. The molecule has 0 saturated carbocycles. The van der Waals surface area contributed by atoms with E-state index in [4.69, 9.17) is 11.6 Å². The van der Waals surface area contributed by atoms with Crippen LogP contribution in [0.3, 0.4) is 0 Å². The molecule has 1 aliphatic heterocycles. The highest BCUT2D eigenvalue weighted by atomic mass is 35.5. The normalized spacial score (nSPS) is 14.2. The molecule has 0 atom stereocenters. The summed E-state index contributed by atoms with van der Waals surface area (Å²) >= 11 is 6.04.